The lowest BCUT2D eigenvalue weighted by Crippen LogP contribution is -1.91. The number of furan rings is 1. The number of hydrogen-bond acceptors (Lipinski definition) is 2. The molecule has 0 atom stereocenters. The molecule has 3 nitrogen and oxygen atoms in total. The number of aryl methyl sites for hydroxylation is 1. The second kappa shape index (κ2) is 3.72. The number of fused-ring (bicyclic) bond motifs is 3. The van der Waals surface area contributed by atoms with Crippen molar-refractivity contribution in [2.24, 2.45) is 7.05 Å². The Labute approximate surface area is 110 Å². The fourth-order valence-electron chi connectivity index (χ4n) is 2.61. The summed E-state index contributed by atoms with van der Waals surface area (Å²) in [5.41, 5.74) is 2.14. The van der Waals surface area contributed by atoms with Crippen LogP contribution < -0.4 is 0 Å². The summed E-state index contributed by atoms with van der Waals surface area (Å²) in [5.74, 6) is 1.65. The van der Waals surface area contributed by atoms with Gasteiger partial charge in [-0.2, -0.15) is 0 Å². The second-order valence-electron chi connectivity index (χ2n) is 4.63. The number of aromatic nitrogens is 2. The molecule has 0 radical (unpaired) electrons. The van der Waals surface area contributed by atoms with Crippen LogP contribution in [0, 0.1) is 0 Å². The van der Waals surface area contributed by atoms with Gasteiger partial charge in [-0.25, -0.2) is 4.98 Å². The van der Waals surface area contributed by atoms with Crippen LogP contribution in [0.3, 0.4) is 0 Å². The fourth-order valence-corrected chi connectivity index (χ4v) is 2.61. The topological polar surface area (TPSA) is 31.0 Å². The van der Waals surface area contributed by atoms with E-state index in [-0.39, 0.29) is 0 Å². The van der Waals surface area contributed by atoms with Gasteiger partial charge in [-0.05, 0) is 23.6 Å². The molecule has 2 heterocycles. The minimum absolute atomic E-state index is 0.794. The van der Waals surface area contributed by atoms with Crippen LogP contribution in [0.1, 0.15) is 0 Å². The van der Waals surface area contributed by atoms with Crippen molar-refractivity contribution in [1.29, 1.82) is 0 Å². The molecule has 0 unspecified atom stereocenters. The first-order valence-corrected chi connectivity index (χ1v) is 6.22. The molecule has 0 aliphatic heterocycles. The van der Waals surface area contributed by atoms with E-state index in [1.54, 1.807) is 6.26 Å². The quantitative estimate of drug-likeness (QED) is 0.510. The van der Waals surface area contributed by atoms with E-state index >= 15 is 0 Å². The van der Waals surface area contributed by atoms with Crippen LogP contribution in [0.5, 0.6) is 0 Å². The van der Waals surface area contributed by atoms with E-state index in [0.717, 1.165) is 22.6 Å². The van der Waals surface area contributed by atoms with E-state index in [4.69, 9.17) is 4.42 Å². The van der Waals surface area contributed by atoms with Crippen molar-refractivity contribution in [3.63, 3.8) is 0 Å². The van der Waals surface area contributed by atoms with Gasteiger partial charge in [0.2, 0.25) is 0 Å². The molecular formula is C16H12N2O. The molecule has 19 heavy (non-hydrogen) atoms. The van der Waals surface area contributed by atoms with Crippen molar-refractivity contribution in [1.82, 2.24) is 9.55 Å². The van der Waals surface area contributed by atoms with Crippen LogP contribution in [0.25, 0.3) is 33.4 Å². The Balaban J connectivity index is 2.15. The lowest BCUT2D eigenvalue weighted by molar-refractivity contribution is 0.574. The third kappa shape index (κ3) is 1.41. The van der Waals surface area contributed by atoms with Gasteiger partial charge >= 0.3 is 0 Å². The summed E-state index contributed by atoms with van der Waals surface area (Å²) in [5, 5.41) is 2.44. The molecule has 0 bridgehead atoms. The molecule has 0 aliphatic rings. The van der Waals surface area contributed by atoms with Crippen molar-refractivity contribution >= 4 is 21.8 Å². The van der Waals surface area contributed by atoms with Crippen molar-refractivity contribution in [3.8, 4) is 11.6 Å². The smallest absolute Gasteiger partial charge is 0.176 e. The minimum Gasteiger partial charge on any atom is -0.461 e. The molecule has 2 aromatic heterocycles. The first kappa shape index (κ1) is 10.4. The number of imidazole rings is 1. The third-order valence-corrected chi connectivity index (χ3v) is 3.50. The van der Waals surface area contributed by atoms with Crippen LogP contribution in [-0.2, 0) is 7.05 Å². The molecule has 0 saturated carbocycles. The maximum Gasteiger partial charge on any atom is 0.176 e. The zero-order chi connectivity index (χ0) is 12.8. The van der Waals surface area contributed by atoms with Gasteiger partial charge in [-0.15, -0.1) is 0 Å². The third-order valence-electron chi connectivity index (χ3n) is 3.50. The average Bonchev–Trinajstić information content (AvgIpc) is 3.06. The van der Waals surface area contributed by atoms with Gasteiger partial charge in [0, 0.05) is 12.4 Å². The number of rotatable bonds is 1. The van der Waals surface area contributed by atoms with Gasteiger partial charge in [0.05, 0.1) is 17.3 Å². The van der Waals surface area contributed by atoms with Crippen molar-refractivity contribution in [2.75, 3.05) is 0 Å². The number of hydrogen-bond donors (Lipinski definition) is 0. The largest absolute Gasteiger partial charge is 0.461 e. The maximum absolute atomic E-state index is 5.46. The van der Waals surface area contributed by atoms with Gasteiger partial charge in [-0.3, -0.25) is 0 Å². The van der Waals surface area contributed by atoms with E-state index in [9.17, 15) is 0 Å². The SMILES string of the molecule is Cn1c(-c2ccco2)nc2ccc3ccccc3c21. The van der Waals surface area contributed by atoms with Crippen molar-refractivity contribution in [2.45, 2.75) is 0 Å². The molecule has 0 saturated heterocycles. The lowest BCUT2D eigenvalue weighted by atomic mass is 10.1. The molecule has 0 spiro atoms. The molecule has 0 N–H and O–H groups in total. The van der Waals surface area contributed by atoms with Crippen molar-refractivity contribution in [3.05, 3.63) is 54.8 Å². The van der Waals surface area contributed by atoms with E-state index in [1.807, 2.05) is 19.2 Å². The summed E-state index contributed by atoms with van der Waals surface area (Å²) in [6.45, 7) is 0. The summed E-state index contributed by atoms with van der Waals surface area (Å²) in [6.07, 6.45) is 1.67. The summed E-state index contributed by atoms with van der Waals surface area (Å²) in [6, 6.07) is 16.3. The van der Waals surface area contributed by atoms with Crippen LogP contribution in [0.2, 0.25) is 0 Å². The lowest BCUT2D eigenvalue weighted by Gasteiger charge is -2.02. The minimum atomic E-state index is 0.794. The predicted molar refractivity (Wildman–Crippen MR) is 75.9 cm³/mol. The maximum atomic E-state index is 5.46. The average molecular weight is 248 g/mol. The molecule has 0 amide bonds. The Kier molecular flexibility index (Phi) is 2.03. The molecule has 4 aromatic rings. The summed E-state index contributed by atoms with van der Waals surface area (Å²) in [7, 11) is 2.03. The molecule has 4 rings (SSSR count). The van der Waals surface area contributed by atoms with Crippen LogP contribution in [0.4, 0.5) is 0 Å². The monoisotopic (exact) mass is 248 g/mol. The first-order valence-electron chi connectivity index (χ1n) is 6.22. The van der Waals surface area contributed by atoms with Gasteiger partial charge in [0.25, 0.3) is 0 Å². The highest BCUT2D eigenvalue weighted by Gasteiger charge is 2.13. The Morgan fingerprint density at radius 3 is 2.74 bits per heavy atom. The second-order valence-corrected chi connectivity index (χ2v) is 4.63. The van der Waals surface area contributed by atoms with E-state index in [1.165, 1.54) is 10.8 Å². The summed E-state index contributed by atoms with van der Waals surface area (Å²) < 4.78 is 7.55. The standard InChI is InChI=1S/C16H12N2O/c1-18-15-12-6-3-2-5-11(12)8-9-13(15)17-16(18)14-7-4-10-19-14/h2-10H,1H3. The zero-order valence-corrected chi connectivity index (χ0v) is 10.5. The zero-order valence-electron chi connectivity index (χ0n) is 10.5. The Bertz CT molecular complexity index is 872. The molecule has 2 aromatic carbocycles. The molecule has 0 aliphatic carbocycles. The van der Waals surface area contributed by atoms with Crippen LogP contribution >= 0.6 is 0 Å². The fraction of sp³-hybridized carbons (Fsp3) is 0.0625. The van der Waals surface area contributed by atoms with E-state index < -0.39 is 0 Å². The Hall–Kier alpha value is -2.55. The van der Waals surface area contributed by atoms with E-state index in [0.29, 0.717) is 0 Å². The molecule has 0 fully saturated rings. The van der Waals surface area contributed by atoms with Crippen LogP contribution in [0.15, 0.2) is 59.2 Å². The first-order chi connectivity index (χ1) is 9.34. The molecule has 3 heteroatoms. The van der Waals surface area contributed by atoms with Crippen LogP contribution in [-0.4, -0.2) is 9.55 Å². The Morgan fingerprint density at radius 2 is 1.89 bits per heavy atom. The molecule has 92 valence electrons. The summed E-state index contributed by atoms with van der Waals surface area (Å²) >= 11 is 0. The van der Waals surface area contributed by atoms with Gasteiger partial charge in [0.15, 0.2) is 11.6 Å². The van der Waals surface area contributed by atoms with Gasteiger partial charge in [-0.1, -0.05) is 30.3 Å². The molecular weight excluding hydrogens is 236 g/mol. The summed E-state index contributed by atoms with van der Waals surface area (Å²) in [4.78, 5) is 4.67. The number of nitrogens with zero attached hydrogens (tertiary/aromatic N) is 2. The highest BCUT2D eigenvalue weighted by molar-refractivity contribution is 6.05. The Morgan fingerprint density at radius 1 is 1.00 bits per heavy atom. The van der Waals surface area contributed by atoms with Gasteiger partial charge < -0.3 is 8.98 Å². The van der Waals surface area contributed by atoms with Crippen molar-refractivity contribution < 1.29 is 4.42 Å². The number of benzene rings is 2. The predicted octanol–water partition coefficient (Wildman–Crippen LogP) is 3.99. The highest BCUT2D eigenvalue weighted by atomic mass is 16.3. The van der Waals surface area contributed by atoms with E-state index in [2.05, 4.69) is 45.9 Å². The van der Waals surface area contributed by atoms with Gasteiger partial charge in [0.1, 0.15) is 0 Å². The normalized spacial score (nSPS) is 11.4. The highest BCUT2D eigenvalue weighted by Crippen LogP contribution is 2.29.